The normalized spacial score (nSPS) is 12.6. The van der Waals surface area contributed by atoms with E-state index >= 15 is 0 Å². The third-order valence-corrected chi connectivity index (χ3v) is 0.929. The summed E-state index contributed by atoms with van der Waals surface area (Å²) in [5.41, 5.74) is 4.73. The fourth-order valence-corrected chi connectivity index (χ4v) is 0.389. The van der Waals surface area contributed by atoms with Crippen LogP contribution < -0.4 is 5.73 Å². The van der Waals surface area contributed by atoms with Crippen molar-refractivity contribution in [2.24, 2.45) is 11.7 Å². The maximum absolute atomic E-state index is 10.1. The van der Waals surface area contributed by atoms with Gasteiger partial charge in [0.25, 0.3) is 0 Å². The van der Waals surface area contributed by atoms with Gasteiger partial charge < -0.3 is 10.8 Å². The molecule has 9 heavy (non-hydrogen) atoms. The predicted molar refractivity (Wildman–Crippen MR) is 30.6 cm³/mol. The van der Waals surface area contributed by atoms with Crippen molar-refractivity contribution in [3.8, 4) is 0 Å². The van der Waals surface area contributed by atoms with E-state index in [1.807, 2.05) is 0 Å². The van der Waals surface area contributed by atoms with E-state index in [9.17, 15) is 9.59 Å². The number of nitrogens with two attached hydrogens (primary N) is 1. The molecule has 0 bridgehead atoms. The fourth-order valence-electron chi connectivity index (χ4n) is 0.389. The Bertz CT molecular complexity index is 132. The summed E-state index contributed by atoms with van der Waals surface area (Å²) in [6.45, 7) is 1.44. The van der Waals surface area contributed by atoms with E-state index in [0.29, 0.717) is 0 Å². The SMILES string of the molecule is C[C@@H](CC(N)=O)C(=O)O. The second kappa shape index (κ2) is 3.06. The quantitative estimate of drug-likeness (QED) is 0.546. The van der Waals surface area contributed by atoms with Crippen molar-refractivity contribution in [3.05, 3.63) is 0 Å². The first kappa shape index (κ1) is 7.94. The molecule has 0 radical (unpaired) electrons. The molecule has 0 aliphatic carbocycles. The smallest absolute Gasteiger partial charge is 0.306 e. The lowest BCUT2D eigenvalue weighted by Crippen LogP contribution is -2.19. The Kier molecular flexibility index (Phi) is 2.70. The van der Waals surface area contributed by atoms with Crippen LogP contribution in [0.4, 0.5) is 0 Å². The number of hydrogen-bond acceptors (Lipinski definition) is 2. The van der Waals surface area contributed by atoms with Crippen molar-refractivity contribution in [3.63, 3.8) is 0 Å². The average molecular weight is 131 g/mol. The van der Waals surface area contributed by atoms with Crippen LogP contribution in [0.1, 0.15) is 13.3 Å². The molecule has 0 heterocycles. The van der Waals surface area contributed by atoms with Crippen molar-refractivity contribution in [2.45, 2.75) is 13.3 Å². The van der Waals surface area contributed by atoms with Crippen molar-refractivity contribution in [1.82, 2.24) is 0 Å². The first-order valence-corrected chi connectivity index (χ1v) is 2.55. The van der Waals surface area contributed by atoms with Crippen LogP contribution in [0.15, 0.2) is 0 Å². The molecule has 4 heteroatoms. The fraction of sp³-hybridized carbons (Fsp3) is 0.600. The van der Waals surface area contributed by atoms with Crippen LogP contribution in [-0.4, -0.2) is 17.0 Å². The van der Waals surface area contributed by atoms with Gasteiger partial charge in [-0.15, -0.1) is 0 Å². The van der Waals surface area contributed by atoms with Crippen molar-refractivity contribution < 1.29 is 14.7 Å². The summed E-state index contributed by atoms with van der Waals surface area (Å²) in [7, 11) is 0. The molecule has 4 nitrogen and oxygen atoms in total. The average Bonchev–Trinajstić information content (AvgIpc) is 1.63. The zero-order valence-corrected chi connectivity index (χ0v) is 5.13. The summed E-state index contributed by atoms with van der Waals surface area (Å²) < 4.78 is 0. The maximum Gasteiger partial charge on any atom is 0.306 e. The number of aliphatic carboxylic acids is 1. The largest absolute Gasteiger partial charge is 0.481 e. The first-order chi connectivity index (χ1) is 4.04. The number of carbonyl (C=O) groups excluding carboxylic acids is 1. The Labute approximate surface area is 52.7 Å². The third kappa shape index (κ3) is 3.52. The molecule has 52 valence electrons. The van der Waals surface area contributed by atoms with Crippen LogP contribution in [0.2, 0.25) is 0 Å². The van der Waals surface area contributed by atoms with Crippen LogP contribution in [0.5, 0.6) is 0 Å². The highest BCUT2D eigenvalue weighted by atomic mass is 16.4. The van der Waals surface area contributed by atoms with Gasteiger partial charge in [-0.2, -0.15) is 0 Å². The third-order valence-electron chi connectivity index (χ3n) is 0.929. The van der Waals surface area contributed by atoms with Gasteiger partial charge in [0.2, 0.25) is 5.91 Å². The topological polar surface area (TPSA) is 80.4 Å². The molecular weight excluding hydrogens is 122 g/mol. The number of carboxylic acid groups (broad SMARTS) is 1. The van der Waals surface area contributed by atoms with E-state index < -0.39 is 17.8 Å². The lowest BCUT2D eigenvalue weighted by atomic mass is 10.1. The van der Waals surface area contributed by atoms with Crippen LogP contribution in [0.25, 0.3) is 0 Å². The highest BCUT2D eigenvalue weighted by Gasteiger charge is 2.12. The van der Waals surface area contributed by atoms with Gasteiger partial charge in [-0.1, -0.05) is 6.92 Å². The minimum Gasteiger partial charge on any atom is -0.481 e. The van der Waals surface area contributed by atoms with Gasteiger partial charge in [0.1, 0.15) is 0 Å². The molecule has 0 fully saturated rings. The van der Waals surface area contributed by atoms with Crippen molar-refractivity contribution in [2.75, 3.05) is 0 Å². The van der Waals surface area contributed by atoms with Crippen LogP contribution >= 0.6 is 0 Å². The van der Waals surface area contributed by atoms with Gasteiger partial charge in [0.15, 0.2) is 0 Å². The van der Waals surface area contributed by atoms with Crippen LogP contribution in [0, 0.1) is 5.92 Å². The second-order valence-corrected chi connectivity index (χ2v) is 1.91. The zero-order chi connectivity index (χ0) is 7.44. The Balaban J connectivity index is 3.63. The monoisotopic (exact) mass is 131 g/mol. The van der Waals surface area contributed by atoms with E-state index in [1.54, 1.807) is 0 Å². The number of carboxylic acids is 1. The number of primary amides is 1. The van der Waals surface area contributed by atoms with Gasteiger partial charge in [0, 0.05) is 6.42 Å². The van der Waals surface area contributed by atoms with Gasteiger partial charge in [0.05, 0.1) is 5.92 Å². The first-order valence-electron chi connectivity index (χ1n) is 2.55. The summed E-state index contributed by atoms with van der Waals surface area (Å²) >= 11 is 0. The summed E-state index contributed by atoms with van der Waals surface area (Å²) in [6.07, 6.45) is -0.0880. The Hall–Kier alpha value is -1.06. The van der Waals surface area contributed by atoms with Crippen LogP contribution in [-0.2, 0) is 9.59 Å². The van der Waals surface area contributed by atoms with Gasteiger partial charge in [-0.25, -0.2) is 0 Å². The summed E-state index contributed by atoms with van der Waals surface area (Å²) in [5.74, 6) is -2.23. The van der Waals surface area contributed by atoms with E-state index in [0.717, 1.165) is 0 Å². The molecule has 0 unspecified atom stereocenters. The minimum absolute atomic E-state index is 0.0880. The Morgan fingerprint density at radius 2 is 2.11 bits per heavy atom. The van der Waals surface area contributed by atoms with Crippen molar-refractivity contribution in [1.29, 1.82) is 0 Å². The van der Waals surface area contributed by atoms with Crippen LogP contribution in [0.3, 0.4) is 0 Å². The number of carbonyl (C=O) groups is 2. The van der Waals surface area contributed by atoms with Crippen molar-refractivity contribution >= 4 is 11.9 Å². The molecule has 0 saturated heterocycles. The number of amides is 1. The van der Waals surface area contributed by atoms with E-state index in [2.05, 4.69) is 0 Å². The summed E-state index contributed by atoms with van der Waals surface area (Å²) in [6, 6.07) is 0. The van der Waals surface area contributed by atoms with Gasteiger partial charge >= 0.3 is 5.97 Å². The molecule has 3 N–H and O–H groups in total. The van der Waals surface area contributed by atoms with E-state index in [-0.39, 0.29) is 6.42 Å². The molecule has 0 aromatic carbocycles. The highest BCUT2D eigenvalue weighted by Crippen LogP contribution is 1.98. The second-order valence-electron chi connectivity index (χ2n) is 1.91. The molecule has 1 amide bonds. The highest BCUT2D eigenvalue weighted by molar-refractivity contribution is 5.80. The molecular formula is C5H9NO3. The maximum atomic E-state index is 10.1. The summed E-state index contributed by atoms with van der Waals surface area (Å²) in [5, 5.41) is 8.22. The molecule has 0 aliphatic rings. The van der Waals surface area contributed by atoms with E-state index in [1.165, 1.54) is 6.92 Å². The lowest BCUT2D eigenvalue weighted by molar-refractivity contribution is -0.143. The molecule has 0 saturated carbocycles. The molecule has 0 aliphatic heterocycles. The molecule has 0 aromatic heterocycles. The molecule has 1 atom stereocenters. The molecule has 0 spiro atoms. The summed E-state index contributed by atoms with van der Waals surface area (Å²) in [4.78, 5) is 20.1. The number of rotatable bonds is 3. The predicted octanol–water partition coefficient (Wildman–Crippen LogP) is -0.418. The lowest BCUT2D eigenvalue weighted by Gasteiger charge is -1.99. The number of hydrogen-bond donors (Lipinski definition) is 2. The minimum atomic E-state index is -0.992. The molecule has 0 aromatic rings. The van der Waals surface area contributed by atoms with Gasteiger partial charge in [-0.3, -0.25) is 9.59 Å². The molecule has 0 rings (SSSR count). The standard InChI is InChI=1S/C5H9NO3/c1-3(5(8)9)2-4(6)7/h3H,2H2,1H3,(H2,6,7)(H,8,9)/t3-/m0/s1. The zero-order valence-electron chi connectivity index (χ0n) is 5.13. The van der Waals surface area contributed by atoms with Gasteiger partial charge in [-0.05, 0) is 0 Å². The van der Waals surface area contributed by atoms with E-state index in [4.69, 9.17) is 10.8 Å². The Morgan fingerprint density at radius 1 is 1.67 bits per heavy atom. The Morgan fingerprint density at radius 3 is 2.22 bits per heavy atom.